The second-order valence-electron chi connectivity index (χ2n) is 9.35. The number of benzene rings is 1. The number of alkyl carbamates (subject to hydrolysis) is 1. The van der Waals surface area contributed by atoms with Gasteiger partial charge in [-0.25, -0.2) is 19.2 Å². The summed E-state index contributed by atoms with van der Waals surface area (Å²) < 4.78 is 20.7. The van der Waals surface area contributed by atoms with E-state index in [4.69, 9.17) is 4.74 Å². The van der Waals surface area contributed by atoms with Crippen molar-refractivity contribution in [3.63, 3.8) is 0 Å². The first-order valence-electron chi connectivity index (χ1n) is 11.2. The second-order valence-corrected chi connectivity index (χ2v) is 9.35. The molecule has 1 aliphatic heterocycles. The highest BCUT2D eigenvalue weighted by atomic mass is 19.1. The van der Waals surface area contributed by atoms with Gasteiger partial charge in [-0.3, -0.25) is 4.99 Å². The Hall–Kier alpha value is -3.36. The van der Waals surface area contributed by atoms with Gasteiger partial charge in [0.1, 0.15) is 23.6 Å². The number of aryl methyl sites for hydroxylation is 1. The molecule has 8 nitrogen and oxygen atoms in total. The molecule has 0 fully saturated rings. The smallest absolute Gasteiger partial charge is 0.408 e. The van der Waals surface area contributed by atoms with Crippen LogP contribution in [0.5, 0.6) is 0 Å². The van der Waals surface area contributed by atoms with E-state index in [1.807, 2.05) is 39.8 Å². The number of ether oxygens (including phenoxy) is 1. The van der Waals surface area contributed by atoms with Gasteiger partial charge < -0.3 is 15.4 Å². The maximum Gasteiger partial charge on any atom is 0.408 e. The molecule has 33 heavy (non-hydrogen) atoms. The predicted octanol–water partition coefficient (Wildman–Crippen LogP) is 4.74. The number of halogens is 1. The number of hydrogen-bond donors (Lipinski definition) is 2. The zero-order valence-electron chi connectivity index (χ0n) is 19.4. The number of hydrogen-bond acceptors (Lipinski definition) is 7. The fraction of sp³-hybridized carbons (Fsp3) is 0.458. The molecule has 174 valence electrons. The van der Waals surface area contributed by atoms with Crippen molar-refractivity contribution in [1.29, 1.82) is 0 Å². The van der Waals surface area contributed by atoms with Crippen molar-refractivity contribution in [2.24, 2.45) is 4.99 Å². The Kier molecular flexibility index (Phi) is 6.40. The van der Waals surface area contributed by atoms with E-state index < -0.39 is 17.5 Å². The Morgan fingerprint density at radius 2 is 2.03 bits per heavy atom. The summed E-state index contributed by atoms with van der Waals surface area (Å²) >= 11 is 0. The number of fused-ring (bicyclic) bond motifs is 1. The highest BCUT2D eigenvalue weighted by Crippen LogP contribution is 2.33. The number of amidine groups is 1. The predicted molar refractivity (Wildman–Crippen MR) is 125 cm³/mol. The molecule has 2 N–H and O–H groups in total. The molecule has 0 radical (unpaired) electrons. The lowest BCUT2D eigenvalue weighted by atomic mass is 9.96. The summed E-state index contributed by atoms with van der Waals surface area (Å²) in [5.74, 6) is 0.745. The average molecular weight is 453 g/mol. The Labute approximate surface area is 192 Å². The lowest BCUT2D eigenvalue weighted by Gasteiger charge is -2.24. The van der Waals surface area contributed by atoms with E-state index in [0.29, 0.717) is 17.3 Å². The average Bonchev–Trinajstić information content (AvgIpc) is 3.04. The van der Waals surface area contributed by atoms with Crippen molar-refractivity contribution in [3.8, 4) is 11.4 Å². The lowest BCUT2D eigenvalue weighted by Crippen LogP contribution is -2.35. The lowest BCUT2D eigenvalue weighted by molar-refractivity contribution is 0.0500. The van der Waals surface area contributed by atoms with Gasteiger partial charge in [0.25, 0.3) is 0 Å². The third-order valence-corrected chi connectivity index (χ3v) is 5.41. The molecule has 1 aromatic heterocycles. The SMILES string of the molecule is C[C@@H]1C=CC(Nc2ncnc(-c3cc4c(cc3F)C(NC(=O)OC(C)(C)C)CCCC4)n2)=N1. The first-order valence-corrected chi connectivity index (χ1v) is 11.2. The van der Waals surface area contributed by atoms with Crippen LogP contribution in [0.1, 0.15) is 64.1 Å². The van der Waals surface area contributed by atoms with Crippen molar-refractivity contribution < 1.29 is 13.9 Å². The van der Waals surface area contributed by atoms with Crippen LogP contribution >= 0.6 is 0 Å². The van der Waals surface area contributed by atoms with Crippen LogP contribution in [0.15, 0.2) is 35.6 Å². The fourth-order valence-electron chi connectivity index (χ4n) is 3.98. The molecule has 4 rings (SSSR count). The molecular weight excluding hydrogens is 423 g/mol. The molecule has 2 atom stereocenters. The highest BCUT2D eigenvalue weighted by Gasteiger charge is 2.26. The summed E-state index contributed by atoms with van der Waals surface area (Å²) in [7, 11) is 0. The topological polar surface area (TPSA) is 101 Å². The number of amides is 1. The van der Waals surface area contributed by atoms with Crippen molar-refractivity contribution in [2.45, 2.75) is 71.1 Å². The van der Waals surface area contributed by atoms with Crippen LogP contribution in [-0.2, 0) is 11.2 Å². The van der Waals surface area contributed by atoms with E-state index in [9.17, 15) is 4.79 Å². The van der Waals surface area contributed by atoms with Crippen molar-refractivity contribution in [1.82, 2.24) is 20.3 Å². The number of rotatable bonds is 3. The van der Waals surface area contributed by atoms with E-state index in [1.54, 1.807) is 6.07 Å². The first-order chi connectivity index (χ1) is 15.7. The van der Waals surface area contributed by atoms with Crippen LogP contribution in [-0.4, -0.2) is 38.5 Å². The standard InChI is InChI=1S/C24H29FN6O2/c1-14-9-10-20(28-14)30-22-27-13-26-21(31-22)17-11-15-7-5-6-8-19(16(15)12-18(17)25)29-23(32)33-24(2,3)4/h9-14,19H,5-8H2,1-4H3,(H,29,32)(H,26,27,28,30,31)/t14-,19?/m1/s1. The van der Waals surface area contributed by atoms with Gasteiger partial charge >= 0.3 is 6.09 Å². The van der Waals surface area contributed by atoms with E-state index in [1.165, 1.54) is 12.4 Å². The third kappa shape index (κ3) is 5.71. The largest absolute Gasteiger partial charge is 0.444 e. The molecule has 9 heteroatoms. The summed E-state index contributed by atoms with van der Waals surface area (Å²) in [6, 6.07) is 3.05. The Balaban J connectivity index is 1.60. The van der Waals surface area contributed by atoms with Gasteiger partial charge in [-0.1, -0.05) is 12.5 Å². The number of carbonyl (C=O) groups excluding carboxylic acids is 1. The number of aliphatic imine (C=N–C) groups is 1. The van der Waals surface area contributed by atoms with Gasteiger partial charge in [-0.2, -0.15) is 4.98 Å². The van der Waals surface area contributed by atoms with Gasteiger partial charge in [0.15, 0.2) is 5.82 Å². The van der Waals surface area contributed by atoms with E-state index in [0.717, 1.165) is 36.8 Å². The van der Waals surface area contributed by atoms with Crippen molar-refractivity contribution >= 4 is 17.9 Å². The minimum atomic E-state index is -0.602. The summed E-state index contributed by atoms with van der Waals surface area (Å²) in [4.78, 5) is 29.5. The number of nitrogens with zero attached hydrogens (tertiary/aromatic N) is 4. The number of aromatic nitrogens is 3. The van der Waals surface area contributed by atoms with Gasteiger partial charge in [-0.05, 0) is 76.3 Å². The third-order valence-electron chi connectivity index (χ3n) is 5.41. The number of anilines is 1. The molecule has 0 bridgehead atoms. The normalized spacial score (nSPS) is 20.0. The van der Waals surface area contributed by atoms with Crippen LogP contribution < -0.4 is 10.6 Å². The van der Waals surface area contributed by atoms with Gasteiger partial charge in [0.05, 0.1) is 17.6 Å². The maximum absolute atomic E-state index is 15.3. The molecule has 0 spiro atoms. The summed E-state index contributed by atoms with van der Waals surface area (Å²) in [5.41, 5.74) is 1.44. The molecule has 1 amide bonds. The summed E-state index contributed by atoms with van der Waals surface area (Å²) in [6.07, 6.45) is 8.03. The molecule has 2 aliphatic rings. The maximum atomic E-state index is 15.3. The van der Waals surface area contributed by atoms with E-state index in [2.05, 4.69) is 30.6 Å². The molecule has 0 saturated carbocycles. The zero-order chi connectivity index (χ0) is 23.6. The molecule has 2 aromatic rings. The Bertz CT molecular complexity index is 1110. The Morgan fingerprint density at radius 3 is 2.76 bits per heavy atom. The van der Waals surface area contributed by atoms with E-state index >= 15 is 4.39 Å². The van der Waals surface area contributed by atoms with E-state index in [-0.39, 0.29) is 17.9 Å². The highest BCUT2D eigenvalue weighted by molar-refractivity contribution is 6.04. The van der Waals surface area contributed by atoms with Gasteiger partial charge in [0.2, 0.25) is 5.95 Å². The first kappa shape index (κ1) is 22.8. The van der Waals surface area contributed by atoms with Crippen LogP contribution in [0.2, 0.25) is 0 Å². The van der Waals surface area contributed by atoms with Crippen LogP contribution in [0.4, 0.5) is 15.1 Å². The zero-order valence-corrected chi connectivity index (χ0v) is 19.4. The minimum absolute atomic E-state index is 0.0954. The minimum Gasteiger partial charge on any atom is -0.444 e. The molecule has 2 heterocycles. The molecule has 1 aliphatic carbocycles. The second kappa shape index (κ2) is 9.25. The van der Waals surface area contributed by atoms with Crippen LogP contribution in [0.25, 0.3) is 11.4 Å². The van der Waals surface area contributed by atoms with Gasteiger partial charge in [0, 0.05) is 0 Å². The summed E-state index contributed by atoms with van der Waals surface area (Å²) in [5, 5.41) is 5.95. The van der Waals surface area contributed by atoms with Crippen molar-refractivity contribution in [2.75, 3.05) is 5.32 Å². The van der Waals surface area contributed by atoms with Crippen LogP contribution in [0, 0.1) is 5.82 Å². The van der Waals surface area contributed by atoms with Gasteiger partial charge in [-0.15, -0.1) is 0 Å². The number of nitrogens with one attached hydrogen (secondary N) is 2. The number of carbonyl (C=O) groups is 1. The quantitative estimate of drug-likeness (QED) is 0.653. The summed E-state index contributed by atoms with van der Waals surface area (Å²) in [6.45, 7) is 7.41. The molecule has 1 aromatic carbocycles. The van der Waals surface area contributed by atoms with Crippen molar-refractivity contribution in [3.05, 3.63) is 47.6 Å². The fourth-order valence-corrected chi connectivity index (χ4v) is 3.98. The van der Waals surface area contributed by atoms with Crippen LogP contribution in [0.3, 0.4) is 0 Å². The molecule has 1 unspecified atom stereocenters. The Morgan fingerprint density at radius 1 is 1.21 bits per heavy atom. The molecule has 0 saturated heterocycles. The molecular formula is C24H29FN6O2. The monoisotopic (exact) mass is 452 g/mol.